The second kappa shape index (κ2) is 5.85. The lowest BCUT2D eigenvalue weighted by molar-refractivity contribution is -0.138. The highest BCUT2D eigenvalue weighted by atomic mass is 35.5. The average molecular weight is 301 g/mol. The number of esters is 1. The van der Waals surface area contributed by atoms with E-state index in [1.807, 2.05) is 6.92 Å². The monoisotopic (exact) mass is 300 g/mol. The third-order valence-electron chi connectivity index (χ3n) is 2.93. The van der Waals surface area contributed by atoms with Crippen LogP contribution in [0.4, 0.5) is 0 Å². The zero-order valence-corrected chi connectivity index (χ0v) is 12.0. The predicted molar refractivity (Wildman–Crippen MR) is 74.7 cm³/mol. The SMILES string of the molecule is CCOc1ccc(OC(=O)C2(C=C(Cl)Cl)CC2)cc1. The lowest BCUT2D eigenvalue weighted by atomic mass is 10.1. The van der Waals surface area contributed by atoms with Crippen molar-refractivity contribution in [1.29, 1.82) is 0 Å². The van der Waals surface area contributed by atoms with Crippen LogP contribution in [0.5, 0.6) is 11.5 Å². The van der Waals surface area contributed by atoms with Gasteiger partial charge in [0.1, 0.15) is 16.0 Å². The fraction of sp³-hybridized carbons (Fsp3) is 0.357. The fourth-order valence-corrected chi connectivity index (χ4v) is 2.15. The summed E-state index contributed by atoms with van der Waals surface area (Å²) in [7, 11) is 0. The van der Waals surface area contributed by atoms with Gasteiger partial charge in [0, 0.05) is 0 Å². The molecule has 2 rings (SSSR count). The van der Waals surface area contributed by atoms with Gasteiger partial charge in [-0.2, -0.15) is 0 Å². The molecule has 3 nitrogen and oxygen atoms in total. The molecule has 0 spiro atoms. The molecule has 1 aliphatic rings. The summed E-state index contributed by atoms with van der Waals surface area (Å²) < 4.78 is 10.7. The minimum atomic E-state index is -0.641. The van der Waals surface area contributed by atoms with Gasteiger partial charge in [-0.15, -0.1) is 0 Å². The number of ether oxygens (including phenoxy) is 2. The van der Waals surface area contributed by atoms with Gasteiger partial charge in [-0.25, -0.2) is 0 Å². The van der Waals surface area contributed by atoms with E-state index >= 15 is 0 Å². The summed E-state index contributed by atoms with van der Waals surface area (Å²) in [5.41, 5.74) is -0.641. The Morgan fingerprint density at radius 3 is 2.32 bits per heavy atom. The van der Waals surface area contributed by atoms with Crippen LogP contribution in [0, 0.1) is 5.41 Å². The highest BCUT2D eigenvalue weighted by molar-refractivity contribution is 6.56. The quantitative estimate of drug-likeness (QED) is 0.607. The van der Waals surface area contributed by atoms with E-state index < -0.39 is 5.41 Å². The molecule has 0 N–H and O–H groups in total. The maximum absolute atomic E-state index is 12.0. The molecular formula is C14H14Cl2O3. The minimum Gasteiger partial charge on any atom is -0.494 e. The van der Waals surface area contributed by atoms with E-state index in [9.17, 15) is 4.79 Å². The number of benzene rings is 1. The molecule has 1 aliphatic carbocycles. The van der Waals surface area contributed by atoms with Crippen molar-refractivity contribution in [3.05, 3.63) is 34.8 Å². The van der Waals surface area contributed by atoms with Gasteiger partial charge in [-0.1, -0.05) is 23.2 Å². The average Bonchev–Trinajstić information content (AvgIpc) is 3.12. The molecule has 0 aromatic heterocycles. The van der Waals surface area contributed by atoms with E-state index in [4.69, 9.17) is 32.7 Å². The topological polar surface area (TPSA) is 35.5 Å². The zero-order valence-electron chi connectivity index (χ0n) is 10.5. The first-order valence-electron chi connectivity index (χ1n) is 6.05. The predicted octanol–water partition coefficient (Wildman–Crippen LogP) is 4.09. The van der Waals surface area contributed by atoms with Gasteiger partial charge in [0.25, 0.3) is 0 Å². The van der Waals surface area contributed by atoms with Crippen LogP contribution < -0.4 is 9.47 Å². The summed E-state index contributed by atoms with van der Waals surface area (Å²) in [6.45, 7) is 2.51. The summed E-state index contributed by atoms with van der Waals surface area (Å²) in [6.07, 6.45) is 2.98. The first-order valence-corrected chi connectivity index (χ1v) is 6.80. The molecular weight excluding hydrogens is 287 g/mol. The largest absolute Gasteiger partial charge is 0.494 e. The van der Waals surface area contributed by atoms with Gasteiger partial charge in [-0.05, 0) is 50.1 Å². The summed E-state index contributed by atoms with van der Waals surface area (Å²) >= 11 is 11.2. The number of carbonyl (C=O) groups is 1. The highest BCUT2D eigenvalue weighted by Crippen LogP contribution is 2.49. The van der Waals surface area contributed by atoms with E-state index in [1.54, 1.807) is 30.3 Å². The normalized spacial score (nSPS) is 15.5. The Morgan fingerprint density at radius 1 is 1.26 bits per heavy atom. The Balaban J connectivity index is 2.01. The summed E-state index contributed by atoms with van der Waals surface area (Å²) in [5, 5.41) is 0. The molecule has 0 heterocycles. The molecule has 1 aromatic rings. The van der Waals surface area contributed by atoms with Crippen LogP contribution in [0.1, 0.15) is 19.8 Å². The van der Waals surface area contributed by atoms with Crippen molar-refractivity contribution in [1.82, 2.24) is 0 Å². The van der Waals surface area contributed by atoms with Crippen molar-refractivity contribution in [3.8, 4) is 11.5 Å². The van der Waals surface area contributed by atoms with E-state index in [2.05, 4.69) is 0 Å². The molecule has 0 bridgehead atoms. The van der Waals surface area contributed by atoms with Crippen LogP contribution in [0.2, 0.25) is 0 Å². The molecule has 0 aliphatic heterocycles. The van der Waals surface area contributed by atoms with Gasteiger partial charge >= 0.3 is 5.97 Å². The van der Waals surface area contributed by atoms with E-state index in [-0.39, 0.29) is 10.5 Å². The standard InChI is InChI=1S/C14H14Cl2O3/c1-2-18-10-3-5-11(6-4-10)19-13(17)14(7-8-14)9-12(15)16/h3-6,9H,2,7-8H2,1H3. The fourth-order valence-electron chi connectivity index (χ4n) is 1.73. The van der Waals surface area contributed by atoms with Crippen LogP contribution in [0.3, 0.4) is 0 Å². The molecule has 102 valence electrons. The van der Waals surface area contributed by atoms with E-state index in [0.29, 0.717) is 25.2 Å². The molecule has 0 amide bonds. The lowest BCUT2D eigenvalue weighted by Crippen LogP contribution is -2.20. The summed E-state index contributed by atoms with van der Waals surface area (Å²) in [5.74, 6) is 0.904. The Morgan fingerprint density at radius 2 is 1.84 bits per heavy atom. The smallest absolute Gasteiger partial charge is 0.321 e. The zero-order chi connectivity index (χ0) is 13.9. The first-order chi connectivity index (χ1) is 9.05. The summed E-state index contributed by atoms with van der Waals surface area (Å²) in [6, 6.07) is 6.92. The third-order valence-corrected chi connectivity index (χ3v) is 3.14. The van der Waals surface area contributed by atoms with Crippen LogP contribution in [0.25, 0.3) is 0 Å². The van der Waals surface area contributed by atoms with Gasteiger partial charge in [0.05, 0.1) is 12.0 Å². The van der Waals surface area contributed by atoms with Crippen LogP contribution in [-0.2, 0) is 4.79 Å². The molecule has 1 fully saturated rings. The molecule has 0 unspecified atom stereocenters. The first kappa shape index (κ1) is 14.2. The number of hydrogen-bond acceptors (Lipinski definition) is 3. The van der Waals surface area contributed by atoms with Crippen molar-refractivity contribution in [2.24, 2.45) is 5.41 Å². The maximum atomic E-state index is 12.0. The maximum Gasteiger partial charge on any atom is 0.321 e. The minimum absolute atomic E-state index is 0.0983. The molecule has 0 atom stereocenters. The van der Waals surface area contributed by atoms with Crippen molar-refractivity contribution in [2.45, 2.75) is 19.8 Å². The molecule has 1 aromatic carbocycles. The number of rotatable bonds is 5. The molecule has 19 heavy (non-hydrogen) atoms. The molecule has 5 heteroatoms. The van der Waals surface area contributed by atoms with E-state index in [1.165, 1.54) is 0 Å². The second-order valence-corrected chi connectivity index (χ2v) is 5.39. The van der Waals surface area contributed by atoms with Gasteiger partial charge in [0.15, 0.2) is 0 Å². The van der Waals surface area contributed by atoms with E-state index in [0.717, 1.165) is 5.75 Å². The third kappa shape index (κ3) is 3.64. The lowest BCUT2D eigenvalue weighted by Gasteiger charge is -2.10. The van der Waals surface area contributed by atoms with Gasteiger partial charge in [-0.3, -0.25) is 4.79 Å². The number of carbonyl (C=O) groups excluding carboxylic acids is 1. The Bertz CT molecular complexity index is 486. The van der Waals surface area contributed by atoms with Crippen molar-refractivity contribution >= 4 is 29.2 Å². The Kier molecular flexibility index (Phi) is 4.38. The Hall–Kier alpha value is -1.19. The van der Waals surface area contributed by atoms with Crippen molar-refractivity contribution in [2.75, 3.05) is 6.61 Å². The summed E-state index contributed by atoms with van der Waals surface area (Å²) in [4.78, 5) is 12.0. The second-order valence-electron chi connectivity index (χ2n) is 4.38. The van der Waals surface area contributed by atoms with Gasteiger partial charge < -0.3 is 9.47 Å². The molecule has 0 radical (unpaired) electrons. The van der Waals surface area contributed by atoms with Crippen molar-refractivity contribution in [3.63, 3.8) is 0 Å². The van der Waals surface area contributed by atoms with Gasteiger partial charge in [0.2, 0.25) is 0 Å². The van der Waals surface area contributed by atoms with Crippen LogP contribution >= 0.6 is 23.2 Å². The number of halogens is 2. The molecule has 1 saturated carbocycles. The Labute approximate surface area is 122 Å². The van der Waals surface area contributed by atoms with Crippen molar-refractivity contribution < 1.29 is 14.3 Å². The number of hydrogen-bond donors (Lipinski definition) is 0. The highest BCUT2D eigenvalue weighted by Gasteiger charge is 2.50. The van der Waals surface area contributed by atoms with Crippen LogP contribution in [0.15, 0.2) is 34.8 Å². The molecule has 0 saturated heterocycles. The van der Waals surface area contributed by atoms with Crippen LogP contribution in [-0.4, -0.2) is 12.6 Å².